The third-order valence-corrected chi connectivity index (χ3v) is 2.59. The van der Waals surface area contributed by atoms with Gasteiger partial charge in [0.25, 0.3) is 0 Å². The van der Waals surface area contributed by atoms with Gasteiger partial charge in [0, 0.05) is 18.4 Å². The van der Waals surface area contributed by atoms with E-state index in [4.69, 9.17) is 10.3 Å². The summed E-state index contributed by atoms with van der Waals surface area (Å²) < 4.78 is 5.21. The highest BCUT2D eigenvalue weighted by atomic mass is 16.5. The van der Waals surface area contributed by atoms with Gasteiger partial charge in [-0.05, 0) is 32.1 Å². The summed E-state index contributed by atoms with van der Waals surface area (Å²) >= 11 is 0. The second-order valence-corrected chi connectivity index (χ2v) is 6.65. The summed E-state index contributed by atoms with van der Waals surface area (Å²) in [5.74, 6) is 1.51. The lowest BCUT2D eigenvalue weighted by atomic mass is 9.90. The number of nitrogens with zero attached hydrogens (tertiary/aromatic N) is 2. The molecule has 98 valence electrons. The normalized spacial score (nSPS) is 13.1. The van der Waals surface area contributed by atoms with Gasteiger partial charge >= 0.3 is 0 Å². The second kappa shape index (κ2) is 5.17. The first-order valence-electron chi connectivity index (χ1n) is 6.26. The van der Waals surface area contributed by atoms with Crippen LogP contribution in [-0.2, 0) is 12.8 Å². The zero-order chi connectivity index (χ0) is 13.1. The van der Waals surface area contributed by atoms with Crippen molar-refractivity contribution in [2.75, 3.05) is 0 Å². The minimum atomic E-state index is -0.181. The van der Waals surface area contributed by atoms with Crippen molar-refractivity contribution in [3.05, 3.63) is 11.7 Å². The molecular weight excluding hydrogens is 214 g/mol. The van der Waals surface area contributed by atoms with Crippen LogP contribution in [0.1, 0.15) is 59.2 Å². The van der Waals surface area contributed by atoms with Crippen LogP contribution in [-0.4, -0.2) is 15.7 Å². The van der Waals surface area contributed by atoms with Crippen LogP contribution in [0.15, 0.2) is 4.52 Å². The molecule has 0 bridgehead atoms. The Morgan fingerprint density at radius 3 is 2.24 bits per heavy atom. The monoisotopic (exact) mass is 239 g/mol. The summed E-state index contributed by atoms with van der Waals surface area (Å²) in [6, 6.07) is 0. The van der Waals surface area contributed by atoms with E-state index in [0.29, 0.717) is 11.3 Å². The van der Waals surface area contributed by atoms with Crippen molar-refractivity contribution in [1.29, 1.82) is 0 Å². The van der Waals surface area contributed by atoms with Gasteiger partial charge in [-0.1, -0.05) is 25.9 Å². The summed E-state index contributed by atoms with van der Waals surface area (Å²) in [5, 5.41) is 3.99. The van der Waals surface area contributed by atoms with E-state index in [-0.39, 0.29) is 5.54 Å². The quantitative estimate of drug-likeness (QED) is 0.858. The molecule has 0 aliphatic heterocycles. The Kier molecular flexibility index (Phi) is 4.31. The highest BCUT2D eigenvalue weighted by Gasteiger charge is 2.15. The molecule has 0 amide bonds. The SMILES string of the molecule is CC(C)(C)CCc1noc(CCC(C)(C)N)n1. The van der Waals surface area contributed by atoms with E-state index < -0.39 is 0 Å². The van der Waals surface area contributed by atoms with Gasteiger partial charge in [0.15, 0.2) is 5.82 Å². The van der Waals surface area contributed by atoms with Crippen molar-refractivity contribution in [2.45, 2.75) is 65.8 Å². The summed E-state index contributed by atoms with van der Waals surface area (Å²) in [6.07, 6.45) is 3.55. The van der Waals surface area contributed by atoms with E-state index >= 15 is 0 Å². The molecule has 4 heteroatoms. The fraction of sp³-hybridized carbons (Fsp3) is 0.846. The zero-order valence-electron chi connectivity index (χ0n) is 11.7. The minimum Gasteiger partial charge on any atom is -0.339 e. The molecule has 0 aliphatic carbocycles. The fourth-order valence-electron chi connectivity index (χ4n) is 1.41. The Morgan fingerprint density at radius 1 is 1.06 bits per heavy atom. The third kappa shape index (κ3) is 6.41. The molecule has 0 unspecified atom stereocenters. The van der Waals surface area contributed by atoms with Crippen LogP contribution in [0.4, 0.5) is 0 Å². The Hall–Kier alpha value is -0.900. The van der Waals surface area contributed by atoms with E-state index in [1.807, 2.05) is 13.8 Å². The molecule has 0 fully saturated rings. The van der Waals surface area contributed by atoms with Crippen molar-refractivity contribution in [1.82, 2.24) is 10.1 Å². The van der Waals surface area contributed by atoms with Gasteiger partial charge in [-0.15, -0.1) is 0 Å². The lowest BCUT2D eigenvalue weighted by molar-refractivity contribution is 0.346. The lowest BCUT2D eigenvalue weighted by Crippen LogP contribution is -2.32. The van der Waals surface area contributed by atoms with Gasteiger partial charge in [-0.2, -0.15) is 4.98 Å². The maximum Gasteiger partial charge on any atom is 0.226 e. The number of hydrogen-bond donors (Lipinski definition) is 1. The molecule has 2 N–H and O–H groups in total. The third-order valence-electron chi connectivity index (χ3n) is 2.59. The molecule has 0 aliphatic rings. The molecule has 0 aromatic carbocycles. The number of hydrogen-bond acceptors (Lipinski definition) is 4. The standard InChI is InChI=1S/C13H25N3O/c1-12(2,3)8-6-10-15-11(17-16-10)7-9-13(4,5)14/h6-9,14H2,1-5H3. The molecule has 4 nitrogen and oxygen atoms in total. The predicted molar refractivity (Wildman–Crippen MR) is 68.7 cm³/mol. The maximum absolute atomic E-state index is 5.92. The topological polar surface area (TPSA) is 64.9 Å². The van der Waals surface area contributed by atoms with E-state index in [0.717, 1.165) is 31.5 Å². The van der Waals surface area contributed by atoms with Crippen molar-refractivity contribution in [2.24, 2.45) is 11.1 Å². The Labute approximate surface area is 104 Å². The van der Waals surface area contributed by atoms with Gasteiger partial charge < -0.3 is 10.3 Å². The number of aryl methyl sites for hydroxylation is 2. The molecule has 1 aromatic heterocycles. The van der Waals surface area contributed by atoms with Crippen molar-refractivity contribution in [3.63, 3.8) is 0 Å². The maximum atomic E-state index is 5.92. The molecule has 0 atom stereocenters. The Morgan fingerprint density at radius 2 is 1.71 bits per heavy atom. The van der Waals surface area contributed by atoms with Crippen LogP contribution in [0.3, 0.4) is 0 Å². The first kappa shape index (κ1) is 14.2. The molecule has 0 saturated carbocycles. The average Bonchev–Trinajstić information content (AvgIpc) is 2.57. The van der Waals surface area contributed by atoms with Gasteiger partial charge in [-0.3, -0.25) is 0 Å². The van der Waals surface area contributed by atoms with Crippen molar-refractivity contribution in [3.8, 4) is 0 Å². The van der Waals surface area contributed by atoms with Crippen LogP contribution in [0.25, 0.3) is 0 Å². The first-order valence-corrected chi connectivity index (χ1v) is 6.26. The van der Waals surface area contributed by atoms with Gasteiger partial charge in [0.05, 0.1) is 0 Å². The van der Waals surface area contributed by atoms with E-state index in [1.54, 1.807) is 0 Å². The summed E-state index contributed by atoms with van der Waals surface area (Å²) in [5.41, 5.74) is 6.04. The van der Waals surface area contributed by atoms with Crippen LogP contribution >= 0.6 is 0 Å². The zero-order valence-corrected chi connectivity index (χ0v) is 11.7. The number of aromatic nitrogens is 2. The van der Waals surface area contributed by atoms with Crippen molar-refractivity contribution >= 4 is 0 Å². The molecule has 17 heavy (non-hydrogen) atoms. The van der Waals surface area contributed by atoms with Gasteiger partial charge in [0.1, 0.15) is 0 Å². The average molecular weight is 239 g/mol. The summed E-state index contributed by atoms with van der Waals surface area (Å²) in [6.45, 7) is 10.6. The Bertz CT molecular complexity index is 312. The van der Waals surface area contributed by atoms with Gasteiger partial charge in [0.2, 0.25) is 5.89 Å². The lowest BCUT2D eigenvalue weighted by Gasteiger charge is -2.16. The molecule has 1 aromatic rings. The van der Waals surface area contributed by atoms with E-state index in [2.05, 4.69) is 30.9 Å². The van der Waals surface area contributed by atoms with E-state index in [9.17, 15) is 0 Å². The van der Waals surface area contributed by atoms with Crippen LogP contribution in [0.2, 0.25) is 0 Å². The van der Waals surface area contributed by atoms with Gasteiger partial charge in [-0.25, -0.2) is 0 Å². The number of rotatable bonds is 5. The smallest absolute Gasteiger partial charge is 0.226 e. The molecule has 1 heterocycles. The minimum absolute atomic E-state index is 0.181. The molecular formula is C13H25N3O. The van der Waals surface area contributed by atoms with Crippen LogP contribution in [0.5, 0.6) is 0 Å². The molecule has 0 saturated heterocycles. The summed E-state index contributed by atoms with van der Waals surface area (Å²) in [4.78, 5) is 4.38. The highest BCUT2D eigenvalue weighted by Crippen LogP contribution is 2.20. The Balaban J connectivity index is 2.43. The molecule has 0 spiro atoms. The first-order chi connectivity index (χ1) is 7.66. The van der Waals surface area contributed by atoms with Crippen molar-refractivity contribution < 1.29 is 4.52 Å². The predicted octanol–water partition coefficient (Wildman–Crippen LogP) is 2.72. The molecule has 1 rings (SSSR count). The van der Waals surface area contributed by atoms with E-state index in [1.165, 1.54) is 0 Å². The molecule has 0 radical (unpaired) electrons. The highest BCUT2D eigenvalue weighted by molar-refractivity contribution is 4.89. The largest absolute Gasteiger partial charge is 0.339 e. The summed E-state index contributed by atoms with van der Waals surface area (Å²) in [7, 11) is 0. The van der Waals surface area contributed by atoms with Crippen LogP contribution < -0.4 is 5.73 Å². The second-order valence-electron chi connectivity index (χ2n) is 6.65. The number of nitrogens with two attached hydrogens (primary N) is 1. The van der Waals surface area contributed by atoms with Crippen LogP contribution in [0, 0.1) is 5.41 Å². The fourth-order valence-corrected chi connectivity index (χ4v) is 1.41.